The number of aliphatic hydroxyl groups excluding tert-OH is 1. The number of rotatable bonds is 7. The average Bonchev–Trinajstić information content (AvgIpc) is 2.40. The molecule has 0 radical (unpaired) electrons. The van der Waals surface area contributed by atoms with E-state index in [-0.39, 0.29) is 0 Å². The number of ether oxygens (including phenoxy) is 1. The monoisotopic (exact) mass is 304 g/mol. The maximum Gasteiger partial charge on any atom is 0.334 e. The first-order valence-corrected chi connectivity index (χ1v) is 7.08. The van der Waals surface area contributed by atoms with Crippen LogP contribution in [0.3, 0.4) is 0 Å². The Balaban J connectivity index is 2.38. The van der Waals surface area contributed by atoms with Gasteiger partial charge in [0.05, 0.1) is 16.7 Å². The molecule has 3 nitrogen and oxygen atoms in total. The van der Waals surface area contributed by atoms with Crippen molar-refractivity contribution in [2.45, 2.75) is 38.7 Å². The van der Waals surface area contributed by atoms with E-state index in [0.29, 0.717) is 29.5 Å². The summed E-state index contributed by atoms with van der Waals surface area (Å²) in [5.41, 5.74) is 0.926. The van der Waals surface area contributed by atoms with Crippen molar-refractivity contribution in [3.05, 3.63) is 33.8 Å². The standard InChI is InChI=1S/C14H18Cl2O3/c1-2-3-8-19-14(18)13(17)7-5-10-4-6-11(15)12(16)9-10/h4,6,9,13,17H,2-3,5,7-8H2,1H3. The maximum absolute atomic E-state index is 11.4. The Kier molecular flexibility index (Phi) is 7.21. The van der Waals surface area contributed by atoms with E-state index in [9.17, 15) is 9.90 Å². The van der Waals surface area contributed by atoms with Crippen molar-refractivity contribution in [3.8, 4) is 0 Å². The number of hydrogen-bond donors (Lipinski definition) is 1. The molecule has 1 atom stereocenters. The van der Waals surface area contributed by atoms with E-state index in [2.05, 4.69) is 0 Å². The highest BCUT2D eigenvalue weighted by Gasteiger charge is 2.16. The van der Waals surface area contributed by atoms with E-state index in [1.54, 1.807) is 12.1 Å². The summed E-state index contributed by atoms with van der Waals surface area (Å²) in [4.78, 5) is 11.4. The molecule has 5 heteroatoms. The van der Waals surface area contributed by atoms with E-state index < -0.39 is 12.1 Å². The fourth-order valence-corrected chi connectivity index (χ4v) is 1.85. The molecule has 1 rings (SSSR count). The molecular weight excluding hydrogens is 287 g/mol. The van der Waals surface area contributed by atoms with Gasteiger partial charge in [0.25, 0.3) is 0 Å². The van der Waals surface area contributed by atoms with Crippen LogP contribution >= 0.6 is 23.2 Å². The molecule has 0 saturated heterocycles. The van der Waals surface area contributed by atoms with Gasteiger partial charge in [-0.3, -0.25) is 0 Å². The Morgan fingerprint density at radius 1 is 1.37 bits per heavy atom. The molecule has 0 spiro atoms. The van der Waals surface area contributed by atoms with E-state index in [1.807, 2.05) is 13.0 Å². The van der Waals surface area contributed by atoms with E-state index in [1.165, 1.54) is 0 Å². The smallest absolute Gasteiger partial charge is 0.334 e. The van der Waals surface area contributed by atoms with Crippen LogP contribution < -0.4 is 0 Å². The van der Waals surface area contributed by atoms with Gasteiger partial charge in [-0.2, -0.15) is 0 Å². The van der Waals surface area contributed by atoms with Crippen molar-refractivity contribution in [2.75, 3.05) is 6.61 Å². The minimum atomic E-state index is -1.09. The molecule has 0 heterocycles. The zero-order valence-corrected chi connectivity index (χ0v) is 12.4. The fraction of sp³-hybridized carbons (Fsp3) is 0.500. The summed E-state index contributed by atoms with van der Waals surface area (Å²) in [5, 5.41) is 10.6. The number of halogens is 2. The van der Waals surface area contributed by atoms with Gasteiger partial charge in [0.2, 0.25) is 0 Å². The molecule has 106 valence electrons. The van der Waals surface area contributed by atoms with Crippen molar-refractivity contribution in [2.24, 2.45) is 0 Å². The van der Waals surface area contributed by atoms with Gasteiger partial charge in [-0.25, -0.2) is 4.79 Å². The minimum Gasteiger partial charge on any atom is -0.464 e. The van der Waals surface area contributed by atoms with Crippen LogP contribution in [0.1, 0.15) is 31.7 Å². The van der Waals surface area contributed by atoms with Crippen LogP contribution in [-0.4, -0.2) is 23.8 Å². The number of unbranched alkanes of at least 4 members (excludes halogenated alkanes) is 1. The maximum atomic E-state index is 11.4. The van der Waals surface area contributed by atoms with E-state index in [4.69, 9.17) is 27.9 Å². The molecular formula is C14H18Cl2O3. The number of hydrogen-bond acceptors (Lipinski definition) is 3. The molecule has 0 fully saturated rings. The van der Waals surface area contributed by atoms with E-state index >= 15 is 0 Å². The lowest BCUT2D eigenvalue weighted by atomic mass is 10.1. The Labute approximate surface area is 123 Å². The highest BCUT2D eigenvalue weighted by Crippen LogP contribution is 2.23. The summed E-state index contributed by atoms with van der Waals surface area (Å²) in [7, 11) is 0. The van der Waals surface area contributed by atoms with Crippen LogP contribution in [0.5, 0.6) is 0 Å². The first kappa shape index (κ1) is 16.3. The van der Waals surface area contributed by atoms with Crippen molar-refractivity contribution < 1.29 is 14.6 Å². The fourth-order valence-electron chi connectivity index (χ4n) is 1.53. The summed E-state index contributed by atoms with van der Waals surface area (Å²) in [6.07, 6.45) is 1.52. The van der Waals surface area contributed by atoms with Crippen molar-refractivity contribution in [3.63, 3.8) is 0 Å². The Bertz CT molecular complexity index is 421. The van der Waals surface area contributed by atoms with E-state index in [0.717, 1.165) is 18.4 Å². The first-order chi connectivity index (χ1) is 9.04. The van der Waals surface area contributed by atoms with Crippen LogP contribution in [0.15, 0.2) is 18.2 Å². The van der Waals surface area contributed by atoms with Gasteiger partial charge < -0.3 is 9.84 Å². The third kappa shape index (κ3) is 5.81. The van der Waals surface area contributed by atoms with Crippen LogP contribution in [-0.2, 0) is 16.0 Å². The van der Waals surface area contributed by atoms with Crippen molar-refractivity contribution >= 4 is 29.2 Å². The van der Waals surface area contributed by atoms with Crippen molar-refractivity contribution in [1.29, 1.82) is 0 Å². The molecule has 19 heavy (non-hydrogen) atoms. The lowest BCUT2D eigenvalue weighted by molar-refractivity contribution is -0.153. The molecule has 1 N–H and O–H groups in total. The predicted octanol–water partition coefficient (Wildman–Crippen LogP) is 3.63. The second-order valence-corrected chi connectivity index (χ2v) is 5.14. The summed E-state index contributed by atoms with van der Waals surface area (Å²) >= 11 is 11.7. The second kappa shape index (κ2) is 8.41. The Morgan fingerprint density at radius 2 is 2.11 bits per heavy atom. The zero-order chi connectivity index (χ0) is 14.3. The van der Waals surface area contributed by atoms with Crippen molar-refractivity contribution in [1.82, 2.24) is 0 Å². The van der Waals surface area contributed by atoms with Gasteiger partial charge in [-0.1, -0.05) is 42.6 Å². The zero-order valence-electron chi connectivity index (χ0n) is 10.9. The molecule has 0 saturated carbocycles. The predicted molar refractivity (Wildman–Crippen MR) is 76.7 cm³/mol. The first-order valence-electron chi connectivity index (χ1n) is 6.33. The molecule has 0 aliphatic heterocycles. The van der Waals surface area contributed by atoms with Gasteiger partial charge in [0.15, 0.2) is 6.10 Å². The molecule has 0 bridgehead atoms. The number of carbonyl (C=O) groups excluding carboxylic acids is 1. The molecule has 1 aromatic carbocycles. The van der Waals surface area contributed by atoms with Gasteiger partial charge in [0, 0.05) is 0 Å². The molecule has 1 unspecified atom stereocenters. The van der Waals surface area contributed by atoms with Crippen LogP contribution in [0, 0.1) is 0 Å². The summed E-state index contributed by atoms with van der Waals surface area (Å²) < 4.78 is 4.94. The highest BCUT2D eigenvalue weighted by molar-refractivity contribution is 6.42. The quantitative estimate of drug-likeness (QED) is 0.618. The molecule has 0 aliphatic rings. The molecule has 0 amide bonds. The summed E-state index contributed by atoms with van der Waals surface area (Å²) in [6, 6.07) is 5.26. The van der Waals surface area contributed by atoms with Gasteiger partial charge >= 0.3 is 5.97 Å². The summed E-state index contributed by atoms with van der Waals surface area (Å²) in [6.45, 7) is 2.37. The highest BCUT2D eigenvalue weighted by atomic mass is 35.5. The largest absolute Gasteiger partial charge is 0.464 e. The van der Waals surface area contributed by atoms with Crippen LogP contribution in [0.25, 0.3) is 0 Å². The number of esters is 1. The lowest BCUT2D eigenvalue weighted by Gasteiger charge is -2.10. The molecule has 0 aliphatic carbocycles. The normalized spacial score (nSPS) is 12.2. The van der Waals surface area contributed by atoms with Gasteiger partial charge in [-0.05, 0) is 37.0 Å². The van der Waals surface area contributed by atoms with Crippen LogP contribution in [0.4, 0.5) is 0 Å². The number of aryl methyl sites for hydroxylation is 1. The third-order valence-electron chi connectivity index (χ3n) is 2.70. The minimum absolute atomic E-state index is 0.308. The summed E-state index contributed by atoms with van der Waals surface area (Å²) in [5.74, 6) is -0.562. The SMILES string of the molecule is CCCCOC(=O)C(O)CCc1ccc(Cl)c(Cl)c1. The van der Waals surface area contributed by atoms with Crippen LogP contribution in [0.2, 0.25) is 10.0 Å². The molecule has 1 aromatic rings. The van der Waals surface area contributed by atoms with Gasteiger partial charge in [0.1, 0.15) is 0 Å². The number of carbonyl (C=O) groups is 1. The second-order valence-electron chi connectivity index (χ2n) is 4.32. The molecule has 0 aromatic heterocycles. The number of benzene rings is 1. The third-order valence-corrected chi connectivity index (χ3v) is 3.44. The Hall–Kier alpha value is -0.770. The Morgan fingerprint density at radius 3 is 2.74 bits per heavy atom. The average molecular weight is 305 g/mol. The lowest BCUT2D eigenvalue weighted by Crippen LogP contribution is -2.24. The van der Waals surface area contributed by atoms with Gasteiger partial charge in [-0.15, -0.1) is 0 Å². The topological polar surface area (TPSA) is 46.5 Å². The number of aliphatic hydroxyl groups is 1.